The molecule has 7 nitrogen and oxygen atoms in total. The third kappa shape index (κ3) is 2.53. The van der Waals surface area contributed by atoms with Gasteiger partial charge in [0.1, 0.15) is 5.82 Å². The summed E-state index contributed by atoms with van der Waals surface area (Å²) in [5, 5.41) is 3.92. The number of sulfonamides is 1. The summed E-state index contributed by atoms with van der Waals surface area (Å²) in [5.74, 6) is 0.400. The van der Waals surface area contributed by atoms with Gasteiger partial charge in [0.25, 0.3) is 10.0 Å². The number of aryl methyl sites for hydroxylation is 1. The van der Waals surface area contributed by atoms with Crippen LogP contribution in [0.15, 0.2) is 35.5 Å². The number of nitrogens with one attached hydrogen (secondary N) is 1. The highest BCUT2D eigenvalue weighted by atomic mass is 32.2. The van der Waals surface area contributed by atoms with Gasteiger partial charge in [-0.05, 0) is 6.07 Å². The van der Waals surface area contributed by atoms with E-state index in [-0.39, 0.29) is 16.5 Å². The maximum absolute atomic E-state index is 11.9. The summed E-state index contributed by atoms with van der Waals surface area (Å²) in [4.78, 5) is 3.78. The van der Waals surface area contributed by atoms with Crippen molar-refractivity contribution in [3.05, 3.63) is 30.6 Å². The van der Waals surface area contributed by atoms with Crippen LogP contribution in [-0.2, 0) is 17.1 Å². The minimum absolute atomic E-state index is 0.0515. The molecule has 2 heterocycles. The Morgan fingerprint density at radius 1 is 1.41 bits per heavy atom. The molecular formula is C9H11N5O2S. The minimum atomic E-state index is -3.67. The zero-order valence-electron chi connectivity index (χ0n) is 9.03. The first-order valence-electron chi connectivity index (χ1n) is 4.71. The van der Waals surface area contributed by atoms with Crippen molar-refractivity contribution in [3.63, 3.8) is 0 Å². The fraction of sp³-hybridized carbons (Fsp3) is 0.111. The minimum Gasteiger partial charge on any atom is -0.384 e. The predicted molar refractivity (Wildman–Crippen MR) is 62.7 cm³/mol. The quantitative estimate of drug-likeness (QED) is 0.813. The van der Waals surface area contributed by atoms with E-state index < -0.39 is 10.0 Å². The molecule has 0 aromatic carbocycles. The van der Waals surface area contributed by atoms with Crippen LogP contribution < -0.4 is 10.5 Å². The smallest absolute Gasteiger partial charge is 0.263 e. The van der Waals surface area contributed by atoms with Crippen molar-refractivity contribution >= 4 is 21.7 Å². The lowest BCUT2D eigenvalue weighted by atomic mass is 10.5. The highest BCUT2D eigenvalue weighted by molar-refractivity contribution is 7.92. The molecule has 0 spiro atoms. The van der Waals surface area contributed by atoms with Gasteiger partial charge in [0.05, 0.1) is 4.90 Å². The molecule has 90 valence electrons. The van der Waals surface area contributed by atoms with Gasteiger partial charge in [0.2, 0.25) is 0 Å². The van der Waals surface area contributed by atoms with E-state index in [9.17, 15) is 8.42 Å². The molecule has 17 heavy (non-hydrogen) atoms. The first-order chi connectivity index (χ1) is 7.97. The summed E-state index contributed by atoms with van der Waals surface area (Å²) in [6.07, 6.45) is 2.97. The SMILES string of the molecule is Cn1ccc(NS(=O)(=O)c2ccnc(N)c2)n1. The summed E-state index contributed by atoms with van der Waals surface area (Å²) in [6, 6.07) is 4.20. The molecule has 8 heteroatoms. The van der Waals surface area contributed by atoms with Gasteiger partial charge in [-0.3, -0.25) is 9.40 Å². The summed E-state index contributed by atoms with van der Waals surface area (Å²) < 4.78 is 27.7. The second-order valence-electron chi connectivity index (χ2n) is 3.40. The van der Waals surface area contributed by atoms with Gasteiger partial charge in [0, 0.05) is 31.6 Å². The fourth-order valence-electron chi connectivity index (χ4n) is 1.26. The number of hydrogen-bond acceptors (Lipinski definition) is 5. The van der Waals surface area contributed by atoms with E-state index in [0.717, 1.165) is 0 Å². The number of nitrogen functional groups attached to an aromatic ring is 1. The molecule has 0 amide bonds. The van der Waals surface area contributed by atoms with Gasteiger partial charge >= 0.3 is 0 Å². The summed E-state index contributed by atoms with van der Waals surface area (Å²) in [5.41, 5.74) is 5.43. The summed E-state index contributed by atoms with van der Waals surface area (Å²) in [7, 11) is -1.97. The molecular weight excluding hydrogens is 242 g/mol. The molecule has 0 aliphatic carbocycles. The van der Waals surface area contributed by atoms with Crippen LogP contribution in [-0.4, -0.2) is 23.2 Å². The lowest BCUT2D eigenvalue weighted by Gasteiger charge is -2.05. The Morgan fingerprint density at radius 3 is 2.76 bits per heavy atom. The first kappa shape index (κ1) is 11.4. The molecule has 0 saturated heterocycles. The van der Waals surface area contributed by atoms with E-state index in [1.807, 2.05) is 0 Å². The number of pyridine rings is 1. The average Bonchev–Trinajstić information content (AvgIpc) is 2.63. The van der Waals surface area contributed by atoms with Crippen LogP contribution in [0, 0.1) is 0 Å². The van der Waals surface area contributed by atoms with Crippen LogP contribution in [0.5, 0.6) is 0 Å². The Hall–Kier alpha value is -2.09. The zero-order chi connectivity index (χ0) is 12.5. The number of rotatable bonds is 3. The molecule has 0 radical (unpaired) electrons. The molecule has 0 aliphatic rings. The molecule has 0 unspecified atom stereocenters. The molecule has 0 aliphatic heterocycles. The number of hydrogen-bond donors (Lipinski definition) is 2. The molecule has 2 aromatic heterocycles. The lowest BCUT2D eigenvalue weighted by Crippen LogP contribution is -2.14. The van der Waals surface area contributed by atoms with Gasteiger partial charge in [-0.25, -0.2) is 13.4 Å². The third-order valence-electron chi connectivity index (χ3n) is 2.02. The number of nitrogens with two attached hydrogens (primary N) is 1. The van der Waals surface area contributed by atoms with E-state index in [4.69, 9.17) is 5.73 Å². The first-order valence-corrected chi connectivity index (χ1v) is 6.20. The van der Waals surface area contributed by atoms with E-state index in [1.165, 1.54) is 23.0 Å². The highest BCUT2D eigenvalue weighted by Crippen LogP contribution is 2.14. The van der Waals surface area contributed by atoms with Crippen molar-refractivity contribution in [2.24, 2.45) is 7.05 Å². The van der Waals surface area contributed by atoms with E-state index >= 15 is 0 Å². The largest absolute Gasteiger partial charge is 0.384 e. The van der Waals surface area contributed by atoms with Gasteiger partial charge in [-0.2, -0.15) is 5.10 Å². The van der Waals surface area contributed by atoms with Crippen LogP contribution >= 0.6 is 0 Å². The third-order valence-corrected chi connectivity index (χ3v) is 3.37. The lowest BCUT2D eigenvalue weighted by molar-refractivity contribution is 0.600. The Labute approximate surface area is 98.3 Å². The Bertz CT molecular complexity index is 634. The molecule has 0 saturated carbocycles. The van der Waals surface area contributed by atoms with Crippen LogP contribution in [0.4, 0.5) is 11.6 Å². The Kier molecular flexibility index (Phi) is 2.72. The Morgan fingerprint density at radius 2 is 2.18 bits per heavy atom. The highest BCUT2D eigenvalue weighted by Gasteiger charge is 2.15. The number of aromatic nitrogens is 3. The molecule has 2 rings (SSSR count). The van der Waals surface area contributed by atoms with Crippen molar-refractivity contribution in [2.75, 3.05) is 10.5 Å². The standard InChI is InChI=1S/C9H11N5O2S/c1-14-5-3-9(12-14)13-17(15,16)7-2-4-11-8(10)6-7/h2-6H,1H3,(H2,10,11)(H,12,13). The topological polar surface area (TPSA) is 103 Å². The van der Waals surface area contributed by atoms with E-state index in [0.29, 0.717) is 0 Å². The van der Waals surface area contributed by atoms with Crippen LogP contribution in [0.1, 0.15) is 0 Å². The average molecular weight is 253 g/mol. The monoisotopic (exact) mass is 253 g/mol. The molecule has 0 fully saturated rings. The van der Waals surface area contributed by atoms with Crippen molar-refractivity contribution in [2.45, 2.75) is 4.90 Å². The van der Waals surface area contributed by atoms with Crippen molar-refractivity contribution in [1.29, 1.82) is 0 Å². The van der Waals surface area contributed by atoms with Gasteiger partial charge in [-0.1, -0.05) is 0 Å². The van der Waals surface area contributed by atoms with Crippen molar-refractivity contribution in [3.8, 4) is 0 Å². The molecule has 0 bridgehead atoms. The van der Waals surface area contributed by atoms with Gasteiger partial charge in [0.15, 0.2) is 5.82 Å². The van der Waals surface area contributed by atoms with Gasteiger partial charge in [-0.15, -0.1) is 0 Å². The van der Waals surface area contributed by atoms with Crippen LogP contribution in [0.25, 0.3) is 0 Å². The zero-order valence-corrected chi connectivity index (χ0v) is 9.85. The maximum Gasteiger partial charge on any atom is 0.263 e. The van der Waals surface area contributed by atoms with Crippen molar-refractivity contribution < 1.29 is 8.42 Å². The second-order valence-corrected chi connectivity index (χ2v) is 5.08. The summed E-state index contributed by atoms with van der Waals surface area (Å²) in [6.45, 7) is 0. The van der Waals surface area contributed by atoms with E-state index in [2.05, 4.69) is 14.8 Å². The van der Waals surface area contributed by atoms with E-state index in [1.54, 1.807) is 19.3 Å². The fourth-order valence-corrected chi connectivity index (χ4v) is 2.28. The normalized spacial score (nSPS) is 11.4. The summed E-state index contributed by atoms with van der Waals surface area (Å²) >= 11 is 0. The number of anilines is 2. The Balaban J connectivity index is 2.31. The van der Waals surface area contributed by atoms with Crippen molar-refractivity contribution in [1.82, 2.24) is 14.8 Å². The van der Waals surface area contributed by atoms with Crippen LogP contribution in [0.3, 0.4) is 0 Å². The molecule has 0 atom stereocenters. The molecule has 3 N–H and O–H groups in total. The van der Waals surface area contributed by atoms with Gasteiger partial charge < -0.3 is 5.73 Å². The number of nitrogens with zero attached hydrogens (tertiary/aromatic N) is 3. The second kappa shape index (κ2) is 4.06. The van der Waals surface area contributed by atoms with Crippen LogP contribution in [0.2, 0.25) is 0 Å². The molecule has 2 aromatic rings. The predicted octanol–water partition coefficient (Wildman–Crippen LogP) is 0.198. The maximum atomic E-state index is 11.9.